The number of nitrogens with zero attached hydrogens (tertiary/aromatic N) is 2. The van der Waals surface area contributed by atoms with Crippen molar-refractivity contribution in [1.29, 1.82) is 5.26 Å². The summed E-state index contributed by atoms with van der Waals surface area (Å²) >= 11 is 0. The van der Waals surface area contributed by atoms with E-state index in [1.807, 2.05) is 0 Å². The van der Waals surface area contributed by atoms with Crippen LogP contribution >= 0.6 is 0 Å². The van der Waals surface area contributed by atoms with Crippen molar-refractivity contribution >= 4 is 11.7 Å². The third-order valence-corrected chi connectivity index (χ3v) is 3.23. The predicted molar refractivity (Wildman–Crippen MR) is 90.0 cm³/mol. The number of carbonyl (C=O) groups is 1. The fourth-order valence-electron chi connectivity index (χ4n) is 2.05. The molecule has 0 radical (unpaired) electrons. The molecule has 0 aliphatic rings. The van der Waals surface area contributed by atoms with Crippen LogP contribution < -0.4 is 15.4 Å². The number of amides is 2. The lowest BCUT2D eigenvalue weighted by Gasteiger charge is -2.09. The van der Waals surface area contributed by atoms with Crippen LogP contribution in [0.2, 0.25) is 0 Å². The van der Waals surface area contributed by atoms with E-state index in [1.54, 1.807) is 54.6 Å². The molecule has 2 aromatic carbocycles. The molecule has 0 aliphatic heterocycles. The highest BCUT2D eigenvalue weighted by Gasteiger charge is 2.04. The summed E-state index contributed by atoms with van der Waals surface area (Å²) in [7, 11) is 0. The van der Waals surface area contributed by atoms with Crippen LogP contribution in [0.25, 0.3) is 0 Å². The number of anilines is 1. The standard InChI is InChI=1S/C18H14N4O3/c19-11-13-2-1-3-17(10-13)25-16-6-4-14(5-7-16)21-18(23)20-12-15-8-9-24-22-15/h1-10H,12H2,(H2,20,21,23). The number of hydrogen-bond donors (Lipinski definition) is 2. The van der Waals surface area contributed by atoms with Gasteiger partial charge in [0, 0.05) is 11.8 Å². The molecule has 0 fully saturated rings. The summed E-state index contributed by atoms with van der Waals surface area (Å²) < 4.78 is 10.4. The average molecular weight is 334 g/mol. The lowest BCUT2D eigenvalue weighted by molar-refractivity contribution is 0.251. The Morgan fingerprint density at radius 2 is 2.00 bits per heavy atom. The Hall–Kier alpha value is -3.79. The molecule has 2 N–H and O–H groups in total. The van der Waals surface area contributed by atoms with Crippen molar-refractivity contribution in [3.8, 4) is 17.6 Å². The number of urea groups is 1. The van der Waals surface area contributed by atoms with E-state index in [2.05, 4.69) is 26.4 Å². The minimum Gasteiger partial charge on any atom is -0.457 e. The maximum atomic E-state index is 11.8. The monoisotopic (exact) mass is 334 g/mol. The molecule has 7 nitrogen and oxygen atoms in total. The number of nitriles is 1. The largest absolute Gasteiger partial charge is 0.457 e. The zero-order valence-electron chi connectivity index (χ0n) is 13.1. The molecule has 0 saturated carbocycles. The summed E-state index contributed by atoms with van der Waals surface area (Å²) in [4.78, 5) is 11.8. The van der Waals surface area contributed by atoms with Gasteiger partial charge in [-0.1, -0.05) is 11.2 Å². The molecule has 1 aromatic heterocycles. The molecule has 0 atom stereocenters. The van der Waals surface area contributed by atoms with E-state index in [1.165, 1.54) is 6.26 Å². The van der Waals surface area contributed by atoms with Crippen molar-refractivity contribution < 1.29 is 14.1 Å². The van der Waals surface area contributed by atoms with Gasteiger partial charge in [-0.15, -0.1) is 0 Å². The van der Waals surface area contributed by atoms with Crippen molar-refractivity contribution in [3.05, 3.63) is 72.1 Å². The fourth-order valence-corrected chi connectivity index (χ4v) is 2.05. The van der Waals surface area contributed by atoms with E-state index in [4.69, 9.17) is 10.00 Å². The van der Waals surface area contributed by atoms with Crippen LogP contribution in [0.4, 0.5) is 10.5 Å². The smallest absolute Gasteiger partial charge is 0.319 e. The number of rotatable bonds is 5. The van der Waals surface area contributed by atoms with Crippen molar-refractivity contribution in [2.75, 3.05) is 5.32 Å². The van der Waals surface area contributed by atoms with E-state index < -0.39 is 0 Å². The second-order valence-electron chi connectivity index (χ2n) is 5.06. The Morgan fingerprint density at radius 1 is 1.16 bits per heavy atom. The number of nitrogens with one attached hydrogen (secondary N) is 2. The van der Waals surface area contributed by atoms with Crippen LogP contribution in [0.1, 0.15) is 11.3 Å². The minimum atomic E-state index is -0.349. The molecule has 0 unspecified atom stereocenters. The van der Waals surface area contributed by atoms with Crippen molar-refractivity contribution in [2.24, 2.45) is 0 Å². The number of aromatic nitrogens is 1. The summed E-state index contributed by atoms with van der Waals surface area (Å²) in [6, 6.07) is 17.2. The van der Waals surface area contributed by atoms with Gasteiger partial charge in [-0.2, -0.15) is 5.26 Å². The number of carbonyl (C=O) groups excluding carboxylic acids is 1. The molecule has 0 spiro atoms. The second kappa shape index (κ2) is 7.66. The van der Waals surface area contributed by atoms with Gasteiger partial charge in [-0.25, -0.2) is 4.79 Å². The average Bonchev–Trinajstić information content (AvgIpc) is 3.15. The van der Waals surface area contributed by atoms with Crippen LogP contribution in [-0.4, -0.2) is 11.2 Å². The second-order valence-corrected chi connectivity index (χ2v) is 5.06. The Kier molecular flexibility index (Phi) is 4.93. The highest BCUT2D eigenvalue weighted by Crippen LogP contribution is 2.23. The maximum Gasteiger partial charge on any atom is 0.319 e. The lowest BCUT2D eigenvalue weighted by Crippen LogP contribution is -2.28. The highest BCUT2D eigenvalue weighted by molar-refractivity contribution is 5.89. The van der Waals surface area contributed by atoms with Crippen LogP contribution in [0.5, 0.6) is 11.5 Å². The normalized spacial score (nSPS) is 9.88. The first-order valence-electron chi connectivity index (χ1n) is 7.45. The first kappa shape index (κ1) is 16.1. The first-order chi connectivity index (χ1) is 12.2. The van der Waals surface area contributed by atoms with Gasteiger partial charge < -0.3 is 19.9 Å². The molecule has 1 heterocycles. The number of ether oxygens (including phenoxy) is 1. The molecule has 7 heteroatoms. The van der Waals surface area contributed by atoms with Crippen LogP contribution in [0, 0.1) is 11.3 Å². The Balaban J connectivity index is 1.54. The SMILES string of the molecule is N#Cc1cccc(Oc2ccc(NC(=O)NCc3ccon3)cc2)c1. The van der Waals surface area contributed by atoms with E-state index in [-0.39, 0.29) is 12.6 Å². The van der Waals surface area contributed by atoms with E-state index in [0.29, 0.717) is 28.4 Å². The van der Waals surface area contributed by atoms with Crippen molar-refractivity contribution in [2.45, 2.75) is 6.54 Å². The Morgan fingerprint density at radius 3 is 2.72 bits per heavy atom. The van der Waals surface area contributed by atoms with Crippen LogP contribution in [-0.2, 0) is 6.54 Å². The van der Waals surface area contributed by atoms with Gasteiger partial charge in [0.1, 0.15) is 23.5 Å². The summed E-state index contributed by atoms with van der Waals surface area (Å²) in [6.45, 7) is 0.277. The molecular weight excluding hydrogens is 320 g/mol. The van der Waals surface area contributed by atoms with E-state index in [0.717, 1.165) is 0 Å². The predicted octanol–water partition coefficient (Wildman–Crippen LogP) is 3.66. The molecule has 2 amide bonds. The topological polar surface area (TPSA) is 100 Å². The quantitative estimate of drug-likeness (QED) is 0.741. The molecule has 3 aromatic rings. The Labute approximate surface area is 143 Å². The van der Waals surface area contributed by atoms with Crippen molar-refractivity contribution in [3.63, 3.8) is 0 Å². The molecule has 25 heavy (non-hydrogen) atoms. The zero-order chi connectivity index (χ0) is 17.5. The summed E-state index contributed by atoms with van der Waals surface area (Å²) in [5.74, 6) is 1.17. The summed E-state index contributed by atoms with van der Waals surface area (Å²) in [5, 5.41) is 18.0. The minimum absolute atomic E-state index is 0.277. The van der Waals surface area contributed by atoms with Gasteiger partial charge >= 0.3 is 6.03 Å². The molecule has 0 aliphatic carbocycles. The van der Waals surface area contributed by atoms with Gasteiger partial charge in [-0.3, -0.25) is 0 Å². The zero-order valence-corrected chi connectivity index (χ0v) is 13.1. The van der Waals surface area contributed by atoms with E-state index in [9.17, 15) is 4.79 Å². The van der Waals surface area contributed by atoms with Crippen LogP contribution in [0.15, 0.2) is 65.4 Å². The van der Waals surface area contributed by atoms with Gasteiger partial charge in [0.2, 0.25) is 0 Å². The molecule has 3 rings (SSSR count). The first-order valence-corrected chi connectivity index (χ1v) is 7.45. The van der Waals surface area contributed by atoms with Gasteiger partial charge in [0.25, 0.3) is 0 Å². The molecule has 0 saturated heterocycles. The third kappa shape index (κ3) is 4.59. The number of benzene rings is 2. The molecular formula is C18H14N4O3. The summed E-state index contributed by atoms with van der Waals surface area (Å²) in [5.41, 5.74) is 1.79. The third-order valence-electron chi connectivity index (χ3n) is 3.23. The van der Waals surface area contributed by atoms with Gasteiger partial charge in [0.15, 0.2) is 0 Å². The van der Waals surface area contributed by atoms with Gasteiger partial charge in [-0.05, 0) is 42.5 Å². The lowest BCUT2D eigenvalue weighted by atomic mass is 10.2. The molecule has 124 valence electrons. The van der Waals surface area contributed by atoms with E-state index >= 15 is 0 Å². The van der Waals surface area contributed by atoms with Gasteiger partial charge in [0.05, 0.1) is 18.2 Å². The highest BCUT2D eigenvalue weighted by atomic mass is 16.5. The van der Waals surface area contributed by atoms with Crippen LogP contribution in [0.3, 0.4) is 0 Å². The number of hydrogen-bond acceptors (Lipinski definition) is 5. The maximum absolute atomic E-state index is 11.8. The Bertz CT molecular complexity index is 883. The molecule has 0 bridgehead atoms. The summed E-state index contributed by atoms with van der Waals surface area (Å²) in [6.07, 6.45) is 1.44. The van der Waals surface area contributed by atoms with Crippen molar-refractivity contribution in [1.82, 2.24) is 10.5 Å². The fraction of sp³-hybridized carbons (Fsp3) is 0.0556.